The van der Waals surface area contributed by atoms with Gasteiger partial charge in [-0.3, -0.25) is 0 Å². The Balaban J connectivity index is -0.0000000853. The summed E-state index contributed by atoms with van der Waals surface area (Å²) < 4.78 is 8.55. The Bertz CT molecular complexity index is 201. The van der Waals surface area contributed by atoms with Crippen molar-refractivity contribution < 1.29 is 19.2 Å². The van der Waals surface area contributed by atoms with Gasteiger partial charge in [0.2, 0.25) is 0 Å². The Morgan fingerprint density at radius 2 is 0.500 bits per heavy atom. The lowest BCUT2D eigenvalue weighted by Gasteiger charge is -2.36. The van der Waals surface area contributed by atoms with Crippen molar-refractivity contribution in [3.63, 3.8) is 0 Å². The maximum absolute atomic E-state index is 8.55. The average molecular weight is 368 g/mol. The Labute approximate surface area is 129 Å². The van der Waals surface area contributed by atoms with Gasteiger partial charge in [-0.1, -0.05) is 0 Å². The van der Waals surface area contributed by atoms with Gasteiger partial charge in [-0.05, 0) is 0 Å². The van der Waals surface area contributed by atoms with E-state index >= 15 is 0 Å². The third-order valence-electron chi connectivity index (χ3n) is 0. The second kappa shape index (κ2) is 11.9. The molecule has 0 rings (SSSR count). The predicted octanol–water partition coefficient (Wildman–Crippen LogP) is 1.75. The summed E-state index contributed by atoms with van der Waals surface area (Å²) in [4.78, 5) is 25.6. The van der Waals surface area contributed by atoms with E-state index < -0.39 is 7.82 Å². The summed E-state index contributed by atoms with van der Waals surface area (Å²) >= 11 is 0. The van der Waals surface area contributed by atoms with Crippen LogP contribution in [0.2, 0.25) is 0 Å². The molecule has 4 nitrogen and oxygen atoms in total. The minimum atomic E-state index is -5.39. The van der Waals surface area contributed by atoms with Crippen LogP contribution in [0.3, 0.4) is 0 Å². The quantitative estimate of drug-likeness (QED) is 0.610. The SMILES string of the molecule is C[P+](C)(C)C.C[P+](C)(C)C.C[P+](C)(C)C.O=P([O-])([O-])[O-]. The van der Waals surface area contributed by atoms with Crippen molar-refractivity contribution in [3.8, 4) is 0 Å². The van der Waals surface area contributed by atoms with E-state index in [-0.39, 0.29) is 21.8 Å². The largest absolute Gasteiger partial charge is 0.822 e. The number of hydrogen-bond acceptors (Lipinski definition) is 4. The van der Waals surface area contributed by atoms with Crippen LogP contribution in [0.25, 0.3) is 0 Å². The molecule has 0 aliphatic heterocycles. The lowest BCUT2D eigenvalue weighted by molar-refractivity contribution is -0.432. The van der Waals surface area contributed by atoms with Gasteiger partial charge in [0, 0.05) is 102 Å². The first-order valence-electron chi connectivity index (χ1n) is 6.10. The van der Waals surface area contributed by atoms with Crippen LogP contribution in [0.1, 0.15) is 0 Å². The molecule has 0 heterocycles. The van der Waals surface area contributed by atoms with Crippen LogP contribution >= 0.6 is 29.6 Å². The summed E-state index contributed by atoms with van der Waals surface area (Å²) in [6.45, 7) is 27.6. The van der Waals surface area contributed by atoms with Crippen molar-refractivity contribution in [3.05, 3.63) is 0 Å². The minimum absolute atomic E-state index is 0.389. The fourth-order valence-electron chi connectivity index (χ4n) is 0. The van der Waals surface area contributed by atoms with Crippen LogP contribution in [-0.2, 0) is 4.57 Å². The fourth-order valence-corrected chi connectivity index (χ4v) is 0. The molecule has 0 aromatic rings. The van der Waals surface area contributed by atoms with Gasteiger partial charge in [0.15, 0.2) is 0 Å². The highest BCUT2D eigenvalue weighted by atomic mass is 31.2. The fraction of sp³-hybridized carbons (Fsp3) is 1.00. The minimum Gasteiger partial charge on any atom is -0.822 e. The second-order valence-electron chi connectivity index (χ2n) is 8.50. The topological polar surface area (TPSA) is 86.2 Å². The molecule has 0 atom stereocenters. The van der Waals surface area contributed by atoms with Crippen LogP contribution in [0.4, 0.5) is 0 Å². The van der Waals surface area contributed by atoms with Gasteiger partial charge < -0.3 is 19.2 Å². The normalized spacial score (nSPS) is 11.9. The summed E-state index contributed by atoms with van der Waals surface area (Å²) in [6, 6.07) is 0. The van der Waals surface area contributed by atoms with E-state index in [1.54, 1.807) is 0 Å². The van der Waals surface area contributed by atoms with Crippen molar-refractivity contribution >= 4 is 29.6 Å². The molecule has 0 aliphatic carbocycles. The molecule has 0 radical (unpaired) electrons. The average Bonchev–Trinajstić information content (AvgIpc) is 1.62. The monoisotopic (exact) mass is 368 g/mol. The van der Waals surface area contributed by atoms with E-state index in [1.807, 2.05) is 0 Å². The van der Waals surface area contributed by atoms with E-state index in [0.29, 0.717) is 0 Å². The van der Waals surface area contributed by atoms with Gasteiger partial charge in [-0.2, -0.15) is 7.82 Å². The third-order valence-corrected chi connectivity index (χ3v) is 0. The summed E-state index contributed by atoms with van der Waals surface area (Å²) in [5.41, 5.74) is 0. The highest BCUT2D eigenvalue weighted by Crippen LogP contribution is 2.41. The van der Waals surface area contributed by atoms with Crippen LogP contribution in [0.5, 0.6) is 0 Å². The van der Waals surface area contributed by atoms with Crippen LogP contribution in [-0.4, -0.2) is 80.0 Å². The van der Waals surface area contributed by atoms with Gasteiger partial charge in [-0.15, -0.1) is 0 Å². The zero-order valence-corrected chi connectivity index (χ0v) is 19.0. The molecule has 128 valence electrons. The Morgan fingerprint density at radius 1 is 0.500 bits per heavy atom. The smallest absolute Gasteiger partial charge is 0.0481 e. The molecular formula is C12H36O4P4. The Hall–Kier alpha value is 1.40. The van der Waals surface area contributed by atoms with E-state index in [0.717, 1.165) is 0 Å². The Morgan fingerprint density at radius 3 is 0.500 bits per heavy atom. The number of hydrogen-bond donors (Lipinski definition) is 0. The van der Waals surface area contributed by atoms with Crippen LogP contribution < -0.4 is 14.7 Å². The summed E-state index contributed by atoms with van der Waals surface area (Å²) in [5.74, 6) is 0. The van der Waals surface area contributed by atoms with Gasteiger partial charge in [0.25, 0.3) is 0 Å². The molecule has 0 aromatic carbocycles. The highest BCUT2D eigenvalue weighted by Gasteiger charge is 2.04. The summed E-state index contributed by atoms with van der Waals surface area (Å²) in [6.07, 6.45) is 0. The molecule has 0 saturated heterocycles. The van der Waals surface area contributed by atoms with Gasteiger partial charge in [0.05, 0.1) is 0 Å². The number of rotatable bonds is 0. The molecule has 0 N–H and O–H groups in total. The standard InChI is InChI=1S/3C4H12P.H3O4P/c4*1-5(2,3)4/h3*1-4H3;(H3,1,2,3,4)/q3*+1;/p-3. The van der Waals surface area contributed by atoms with Crippen molar-refractivity contribution in [2.24, 2.45) is 0 Å². The van der Waals surface area contributed by atoms with Gasteiger partial charge in [-0.25, -0.2) is 0 Å². The lowest BCUT2D eigenvalue weighted by atomic mass is 11.8. The highest BCUT2D eigenvalue weighted by molar-refractivity contribution is 7.73. The van der Waals surface area contributed by atoms with E-state index in [1.165, 1.54) is 0 Å². The lowest BCUT2D eigenvalue weighted by Crippen LogP contribution is -2.24. The van der Waals surface area contributed by atoms with Crippen molar-refractivity contribution in [2.45, 2.75) is 0 Å². The molecule has 0 amide bonds. The predicted molar refractivity (Wildman–Crippen MR) is 99.5 cm³/mol. The molecule has 0 aromatic heterocycles. The molecule has 0 spiro atoms. The Kier molecular flexibility index (Phi) is 17.5. The second-order valence-corrected chi connectivity index (χ2v) is 25.5. The van der Waals surface area contributed by atoms with Gasteiger partial charge in [0.1, 0.15) is 0 Å². The molecule has 20 heavy (non-hydrogen) atoms. The number of phosphoric acid groups is 1. The molecule has 8 heteroatoms. The third kappa shape index (κ3) is 3350. The maximum atomic E-state index is 8.55. The van der Waals surface area contributed by atoms with Crippen molar-refractivity contribution in [1.82, 2.24) is 0 Å². The first kappa shape index (κ1) is 29.4. The van der Waals surface area contributed by atoms with Crippen LogP contribution in [0, 0.1) is 0 Å². The van der Waals surface area contributed by atoms with Gasteiger partial charge >= 0.3 is 0 Å². The molecule has 0 saturated carbocycles. The molecular weight excluding hydrogens is 332 g/mol. The molecule has 0 bridgehead atoms. The molecule has 0 fully saturated rings. The van der Waals surface area contributed by atoms with Crippen LogP contribution in [0.15, 0.2) is 0 Å². The molecule has 0 aliphatic rings. The summed E-state index contributed by atoms with van der Waals surface area (Å²) in [7, 11) is -6.56. The van der Waals surface area contributed by atoms with Crippen molar-refractivity contribution in [2.75, 3.05) is 80.0 Å². The zero-order valence-electron chi connectivity index (χ0n) is 15.4. The first-order valence-corrected chi connectivity index (χ1v) is 18.3. The van der Waals surface area contributed by atoms with E-state index in [2.05, 4.69) is 80.0 Å². The molecule has 0 unspecified atom stereocenters. The van der Waals surface area contributed by atoms with E-state index in [4.69, 9.17) is 19.2 Å². The maximum Gasteiger partial charge on any atom is 0.0481 e. The first-order chi connectivity index (χ1) is 8.00. The zero-order chi connectivity index (χ0) is 18.0. The van der Waals surface area contributed by atoms with Crippen molar-refractivity contribution in [1.29, 1.82) is 0 Å². The summed E-state index contributed by atoms with van der Waals surface area (Å²) in [5, 5.41) is 0. The van der Waals surface area contributed by atoms with E-state index in [9.17, 15) is 0 Å².